The second-order valence-electron chi connectivity index (χ2n) is 15.3. The summed E-state index contributed by atoms with van der Waals surface area (Å²) in [4.78, 5) is 2.45. The van der Waals surface area contributed by atoms with Crippen molar-refractivity contribution in [1.29, 1.82) is 0 Å². The van der Waals surface area contributed by atoms with Crippen LogP contribution in [0.25, 0.3) is 66.4 Å². The molecule has 0 fully saturated rings. The van der Waals surface area contributed by atoms with Crippen LogP contribution in [-0.2, 0) is 5.41 Å². The topological polar surface area (TPSA) is 3.24 Å². The first kappa shape index (κ1) is 33.6. The van der Waals surface area contributed by atoms with E-state index < -0.39 is 0 Å². The van der Waals surface area contributed by atoms with Crippen LogP contribution in [0.4, 0.5) is 17.1 Å². The summed E-state index contributed by atoms with van der Waals surface area (Å²) in [6.45, 7) is 4.76. The molecular formula is C55H41N. The van der Waals surface area contributed by atoms with Gasteiger partial charge in [0, 0.05) is 22.4 Å². The van der Waals surface area contributed by atoms with Crippen molar-refractivity contribution in [3.63, 3.8) is 0 Å². The third-order valence-corrected chi connectivity index (χ3v) is 11.7. The molecule has 1 aliphatic carbocycles. The molecule has 0 spiro atoms. The van der Waals surface area contributed by atoms with Gasteiger partial charge in [-0.05, 0) is 102 Å². The molecular weight excluding hydrogens is 675 g/mol. The van der Waals surface area contributed by atoms with Crippen molar-refractivity contribution in [2.75, 3.05) is 4.90 Å². The normalized spacial score (nSPS) is 12.6. The van der Waals surface area contributed by atoms with Crippen LogP contribution in [0.15, 0.2) is 212 Å². The Hall–Kier alpha value is -6.96. The Kier molecular flexibility index (Phi) is 8.23. The van der Waals surface area contributed by atoms with Gasteiger partial charge in [-0.25, -0.2) is 0 Å². The van der Waals surface area contributed by atoms with Crippen LogP contribution in [0.3, 0.4) is 0 Å². The molecule has 9 aromatic rings. The second-order valence-corrected chi connectivity index (χ2v) is 15.3. The summed E-state index contributed by atoms with van der Waals surface area (Å²) in [5, 5.41) is 2.49. The van der Waals surface area contributed by atoms with Gasteiger partial charge in [0.2, 0.25) is 0 Å². The second kappa shape index (κ2) is 13.7. The molecule has 0 aliphatic heterocycles. The molecule has 0 saturated heterocycles. The Bertz CT molecular complexity index is 2850. The molecule has 56 heavy (non-hydrogen) atoms. The van der Waals surface area contributed by atoms with Crippen molar-refractivity contribution in [2.45, 2.75) is 19.3 Å². The summed E-state index contributed by atoms with van der Waals surface area (Å²) in [6.07, 6.45) is 0. The average Bonchev–Trinajstić information content (AvgIpc) is 3.50. The smallest absolute Gasteiger partial charge is 0.0540 e. The summed E-state index contributed by atoms with van der Waals surface area (Å²) in [6, 6.07) is 77.5. The minimum atomic E-state index is -0.193. The number of rotatable bonds is 7. The molecule has 0 radical (unpaired) electrons. The Morgan fingerprint density at radius 1 is 0.339 bits per heavy atom. The van der Waals surface area contributed by atoms with E-state index in [0.717, 1.165) is 17.1 Å². The van der Waals surface area contributed by atoms with Gasteiger partial charge in [-0.2, -0.15) is 0 Å². The van der Waals surface area contributed by atoms with E-state index in [2.05, 4.69) is 231 Å². The summed E-state index contributed by atoms with van der Waals surface area (Å²) < 4.78 is 0. The van der Waals surface area contributed by atoms with E-state index in [4.69, 9.17) is 0 Å². The highest BCUT2D eigenvalue weighted by molar-refractivity contribution is 6.06. The van der Waals surface area contributed by atoms with Crippen LogP contribution in [0.2, 0.25) is 0 Å². The van der Waals surface area contributed by atoms with Crippen molar-refractivity contribution in [2.24, 2.45) is 0 Å². The van der Waals surface area contributed by atoms with Gasteiger partial charge in [-0.3, -0.25) is 0 Å². The van der Waals surface area contributed by atoms with Gasteiger partial charge >= 0.3 is 0 Å². The van der Waals surface area contributed by atoms with Crippen molar-refractivity contribution < 1.29 is 0 Å². The average molecular weight is 716 g/mol. The van der Waals surface area contributed by atoms with E-state index in [9.17, 15) is 0 Å². The maximum Gasteiger partial charge on any atom is 0.0540 e. The molecule has 0 atom stereocenters. The fourth-order valence-electron chi connectivity index (χ4n) is 8.94. The van der Waals surface area contributed by atoms with Crippen LogP contribution in [0, 0.1) is 0 Å². The number of nitrogens with zero attached hydrogens (tertiary/aromatic N) is 1. The zero-order valence-electron chi connectivity index (χ0n) is 31.7. The van der Waals surface area contributed by atoms with E-state index in [1.165, 1.54) is 77.5 Å². The number of hydrogen-bond donors (Lipinski definition) is 0. The molecule has 266 valence electrons. The van der Waals surface area contributed by atoms with Crippen LogP contribution in [-0.4, -0.2) is 0 Å². The fourth-order valence-corrected chi connectivity index (χ4v) is 8.94. The lowest BCUT2D eigenvalue weighted by atomic mass is 9.81. The molecule has 0 saturated carbocycles. The van der Waals surface area contributed by atoms with Gasteiger partial charge in [0.15, 0.2) is 0 Å². The Labute approximate surface area is 329 Å². The lowest BCUT2D eigenvalue weighted by Crippen LogP contribution is -2.17. The lowest BCUT2D eigenvalue weighted by molar-refractivity contribution is 0.660. The van der Waals surface area contributed by atoms with E-state index in [1.54, 1.807) is 0 Å². The first-order valence-corrected chi connectivity index (χ1v) is 19.5. The molecule has 1 heteroatoms. The third-order valence-electron chi connectivity index (χ3n) is 11.7. The van der Waals surface area contributed by atoms with E-state index in [-0.39, 0.29) is 5.41 Å². The fraction of sp³-hybridized carbons (Fsp3) is 0.0545. The molecule has 0 heterocycles. The maximum absolute atomic E-state index is 2.45. The number of anilines is 3. The molecule has 1 aliphatic rings. The predicted molar refractivity (Wildman–Crippen MR) is 238 cm³/mol. The number of fused-ring (bicyclic) bond motifs is 4. The summed E-state index contributed by atoms with van der Waals surface area (Å²) in [5.74, 6) is 0. The third kappa shape index (κ3) is 5.63. The highest BCUT2D eigenvalue weighted by Gasteiger charge is 2.37. The highest BCUT2D eigenvalue weighted by Crippen LogP contribution is 2.54. The zero-order valence-corrected chi connectivity index (χ0v) is 31.7. The van der Waals surface area contributed by atoms with Crippen molar-refractivity contribution in [3.05, 3.63) is 223 Å². The minimum absolute atomic E-state index is 0.193. The van der Waals surface area contributed by atoms with Crippen LogP contribution in [0.5, 0.6) is 0 Å². The van der Waals surface area contributed by atoms with Gasteiger partial charge in [0.05, 0.1) is 5.69 Å². The summed E-state index contributed by atoms with van der Waals surface area (Å²) >= 11 is 0. The molecule has 0 amide bonds. The maximum atomic E-state index is 2.45. The van der Waals surface area contributed by atoms with E-state index >= 15 is 0 Å². The van der Waals surface area contributed by atoms with E-state index in [0.29, 0.717) is 0 Å². The highest BCUT2D eigenvalue weighted by atomic mass is 15.1. The largest absolute Gasteiger partial charge is 0.310 e. The molecule has 0 bridgehead atoms. The Balaban J connectivity index is 1.13. The standard InChI is InChI=1S/C55H41N/c1-55(2)50-27-16-26-46(41-31-29-39(30-32-41)38-17-6-3-7-18-38)54(50)49-36-34-44(37-51(49)55)56(43-22-10-5-11-23-43)52-28-15-14-25-47(52)48-35-33-40-19-12-13-24-45(40)53(48)42-20-8-4-9-21-42/h3-37H,1-2H3. The Morgan fingerprint density at radius 3 is 1.70 bits per heavy atom. The van der Waals surface area contributed by atoms with Gasteiger partial charge in [-0.15, -0.1) is 0 Å². The van der Waals surface area contributed by atoms with Gasteiger partial charge in [0.25, 0.3) is 0 Å². The summed E-state index contributed by atoms with van der Waals surface area (Å²) in [7, 11) is 0. The van der Waals surface area contributed by atoms with Gasteiger partial charge in [0.1, 0.15) is 0 Å². The van der Waals surface area contributed by atoms with Crippen molar-refractivity contribution in [3.8, 4) is 55.6 Å². The zero-order chi connectivity index (χ0) is 37.6. The van der Waals surface area contributed by atoms with Crippen molar-refractivity contribution in [1.82, 2.24) is 0 Å². The first-order chi connectivity index (χ1) is 27.6. The monoisotopic (exact) mass is 715 g/mol. The SMILES string of the molecule is CC1(C)c2cc(N(c3ccccc3)c3ccccc3-c3ccc4ccccc4c3-c3ccccc3)ccc2-c2c(-c3ccc(-c4ccccc4)cc3)cccc21. The molecule has 9 aromatic carbocycles. The van der Waals surface area contributed by atoms with Crippen LogP contribution < -0.4 is 4.90 Å². The quantitative estimate of drug-likeness (QED) is 0.159. The molecule has 0 N–H and O–H groups in total. The van der Waals surface area contributed by atoms with E-state index in [1.807, 2.05) is 0 Å². The number of para-hydroxylation sites is 2. The number of benzene rings is 9. The summed E-state index contributed by atoms with van der Waals surface area (Å²) in [5.41, 5.74) is 18.4. The van der Waals surface area contributed by atoms with Gasteiger partial charge < -0.3 is 4.90 Å². The first-order valence-electron chi connectivity index (χ1n) is 19.5. The lowest BCUT2D eigenvalue weighted by Gasteiger charge is -2.30. The van der Waals surface area contributed by atoms with Gasteiger partial charge in [-0.1, -0.05) is 196 Å². The van der Waals surface area contributed by atoms with Crippen LogP contribution >= 0.6 is 0 Å². The molecule has 0 aromatic heterocycles. The Morgan fingerprint density at radius 2 is 0.929 bits per heavy atom. The molecule has 10 rings (SSSR count). The molecule has 0 unspecified atom stereocenters. The van der Waals surface area contributed by atoms with Crippen LogP contribution in [0.1, 0.15) is 25.0 Å². The predicted octanol–water partition coefficient (Wildman–Crippen LogP) is 15.3. The van der Waals surface area contributed by atoms with Crippen molar-refractivity contribution >= 4 is 27.8 Å². The minimum Gasteiger partial charge on any atom is -0.310 e. The molecule has 1 nitrogen and oxygen atoms in total. The number of hydrogen-bond acceptors (Lipinski definition) is 1.